The van der Waals surface area contributed by atoms with Gasteiger partial charge in [0.05, 0.1) is 13.2 Å². The summed E-state index contributed by atoms with van der Waals surface area (Å²) in [7, 11) is 0. The molecule has 2 amide bonds. The molecule has 1 heterocycles. The van der Waals surface area contributed by atoms with Gasteiger partial charge >= 0.3 is 6.03 Å². The lowest BCUT2D eigenvalue weighted by atomic mass is 10.1. The Bertz CT molecular complexity index is 545. The van der Waals surface area contributed by atoms with Crippen LogP contribution in [-0.4, -0.2) is 41.0 Å². The van der Waals surface area contributed by atoms with Crippen molar-refractivity contribution in [2.45, 2.75) is 16.8 Å². The van der Waals surface area contributed by atoms with E-state index in [0.29, 0.717) is 37.4 Å². The fourth-order valence-electron chi connectivity index (χ4n) is 2.12. The highest BCUT2D eigenvalue weighted by Crippen LogP contribution is 2.40. The minimum Gasteiger partial charge on any atom is -0.378 e. The van der Waals surface area contributed by atoms with E-state index in [1.54, 1.807) is 24.0 Å². The monoisotopic (exact) mass is 368 g/mol. The molecule has 1 N–H and O–H groups in total. The average molecular weight is 370 g/mol. The number of hydrogen-bond donors (Lipinski definition) is 1. The van der Waals surface area contributed by atoms with E-state index in [1.807, 2.05) is 0 Å². The van der Waals surface area contributed by atoms with Crippen molar-refractivity contribution < 1.29 is 13.9 Å². The Labute approximate surface area is 143 Å². The topological polar surface area (TPSA) is 41.6 Å². The molecule has 22 heavy (non-hydrogen) atoms. The van der Waals surface area contributed by atoms with Gasteiger partial charge in [-0.1, -0.05) is 46.9 Å². The van der Waals surface area contributed by atoms with Gasteiger partial charge in [-0.3, -0.25) is 0 Å². The van der Waals surface area contributed by atoms with E-state index >= 15 is 0 Å². The maximum Gasteiger partial charge on any atom is 0.318 e. The van der Waals surface area contributed by atoms with Gasteiger partial charge in [0, 0.05) is 13.1 Å². The molecule has 0 unspecified atom stereocenters. The second-order valence-electron chi connectivity index (χ2n) is 5.03. The second-order valence-corrected chi connectivity index (χ2v) is 7.40. The molecule has 1 fully saturated rings. The summed E-state index contributed by atoms with van der Waals surface area (Å²) >= 11 is 17.9. The number of aryl methyl sites for hydroxylation is 1. The third kappa shape index (κ3) is 4.38. The van der Waals surface area contributed by atoms with Gasteiger partial charge in [-0.05, 0) is 24.1 Å². The molecular formula is C14H16Cl3FN2O2. The fourth-order valence-corrected chi connectivity index (χ4v) is 2.67. The molecule has 1 aromatic rings. The molecule has 122 valence electrons. The van der Waals surface area contributed by atoms with E-state index < -0.39 is 15.7 Å². The Morgan fingerprint density at radius 3 is 2.55 bits per heavy atom. The highest BCUT2D eigenvalue weighted by Gasteiger charge is 2.36. The predicted octanol–water partition coefficient (Wildman–Crippen LogP) is 3.59. The van der Waals surface area contributed by atoms with Crippen LogP contribution in [0, 0.1) is 12.7 Å². The van der Waals surface area contributed by atoms with E-state index in [-0.39, 0.29) is 6.03 Å². The Balaban J connectivity index is 2.19. The number of rotatable bonds is 2. The van der Waals surface area contributed by atoms with Crippen molar-refractivity contribution in [3.8, 4) is 0 Å². The third-order valence-electron chi connectivity index (χ3n) is 3.42. The van der Waals surface area contributed by atoms with E-state index in [0.717, 1.165) is 0 Å². The van der Waals surface area contributed by atoms with E-state index in [1.165, 1.54) is 6.07 Å². The van der Waals surface area contributed by atoms with E-state index in [2.05, 4.69) is 5.32 Å². The molecule has 8 heteroatoms. The van der Waals surface area contributed by atoms with Crippen molar-refractivity contribution in [3.63, 3.8) is 0 Å². The molecule has 1 saturated heterocycles. The summed E-state index contributed by atoms with van der Waals surface area (Å²) in [5.74, 6) is -0.419. The molecular weight excluding hydrogens is 354 g/mol. The predicted molar refractivity (Wildman–Crippen MR) is 85.1 cm³/mol. The first kappa shape index (κ1) is 17.6. The summed E-state index contributed by atoms with van der Waals surface area (Å²) < 4.78 is 17.1. The van der Waals surface area contributed by atoms with Gasteiger partial charge in [-0.15, -0.1) is 0 Å². The Morgan fingerprint density at radius 1 is 1.36 bits per heavy atom. The Kier molecular flexibility index (Phi) is 5.77. The molecule has 4 nitrogen and oxygen atoms in total. The molecule has 0 bridgehead atoms. The van der Waals surface area contributed by atoms with Crippen molar-refractivity contribution >= 4 is 40.8 Å². The number of nitrogens with zero attached hydrogens (tertiary/aromatic N) is 1. The lowest BCUT2D eigenvalue weighted by Crippen LogP contribution is -2.49. The maximum atomic E-state index is 13.8. The van der Waals surface area contributed by atoms with Crippen LogP contribution in [0.1, 0.15) is 17.2 Å². The number of amides is 2. The minimum absolute atomic E-state index is 0.374. The number of urea groups is 1. The van der Waals surface area contributed by atoms with Crippen LogP contribution < -0.4 is 5.32 Å². The standard InChI is InChI=1S/C14H16Cl3FN2O2/c1-9-2-3-10(8-11(9)18)12(14(15,16)17)19-13(21)20-4-6-22-7-5-20/h2-3,8,12H,4-7H2,1H3,(H,19,21)/t12-/m1/s1. The van der Waals surface area contributed by atoms with Crippen molar-refractivity contribution in [3.05, 3.63) is 35.1 Å². The number of halogens is 4. The zero-order valence-electron chi connectivity index (χ0n) is 11.9. The third-order valence-corrected chi connectivity index (χ3v) is 4.08. The van der Waals surface area contributed by atoms with Crippen molar-refractivity contribution in [2.24, 2.45) is 0 Å². The highest BCUT2D eigenvalue weighted by atomic mass is 35.6. The lowest BCUT2D eigenvalue weighted by Gasteiger charge is -2.32. The molecule has 1 aliphatic heterocycles. The Morgan fingerprint density at radius 2 is 2.00 bits per heavy atom. The van der Waals surface area contributed by atoms with Gasteiger partial charge < -0.3 is 15.0 Å². The van der Waals surface area contributed by atoms with Crippen molar-refractivity contribution in [1.29, 1.82) is 0 Å². The zero-order chi connectivity index (χ0) is 16.3. The Hall–Kier alpha value is -0.750. The summed E-state index contributed by atoms with van der Waals surface area (Å²) in [5.41, 5.74) is 0.871. The van der Waals surface area contributed by atoms with Crippen molar-refractivity contribution in [2.75, 3.05) is 26.3 Å². The molecule has 0 aromatic heterocycles. The lowest BCUT2D eigenvalue weighted by molar-refractivity contribution is 0.0525. The molecule has 1 atom stereocenters. The van der Waals surface area contributed by atoms with Gasteiger partial charge in [0.15, 0.2) is 0 Å². The van der Waals surface area contributed by atoms with Gasteiger partial charge in [-0.2, -0.15) is 0 Å². The normalized spacial score (nSPS) is 17.2. The number of morpholine rings is 1. The minimum atomic E-state index is -1.80. The van der Waals surface area contributed by atoms with Crippen LogP contribution in [0.4, 0.5) is 9.18 Å². The molecule has 2 rings (SSSR count). The maximum absolute atomic E-state index is 13.8. The van der Waals surface area contributed by atoms with Crippen LogP contribution in [0.15, 0.2) is 18.2 Å². The number of hydrogen-bond acceptors (Lipinski definition) is 2. The van der Waals surface area contributed by atoms with Crippen molar-refractivity contribution in [1.82, 2.24) is 10.2 Å². The van der Waals surface area contributed by atoms with Gasteiger partial charge in [-0.25, -0.2) is 9.18 Å². The number of ether oxygens (including phenoxy) is 1. The number of alkyl halides is 3. The first-order chi connectivity index (χ1) is 10.3. The summed E-state index contributed by atoms with van der Waals surface area (Å²) in [4.78, 5) is 13.8. The highest BCUT2D eigenvalue weighted by molar-refractivity contribution is 6.68. The molecule has 1 aliphatic rings. The summed E-state index contributed by atoms with van der Waals surface area (Å²) in [6.07, 6.45) is 0. The molecule has 0 aliphatic carbocycles. The number of nitrogens with one attached hydrogen (secondary N) is 1. The smallest absolute Gasteiger partial charge is 0.318 e. The van der Waals surface area contributed by atoms with E-state index in [9.17, 15) is 9.18 Å². The van der Waals surface area contributed by atoms with Gasteiger partial charge in [0.2, 0.25) is 3.79 Å². The van der Waals surface area contributed by atoms with Gasteiger partial charge in [0.25, 0.3) is 0 Å². The van der Waals surface area contributed by atoms with Crippen LogP contribution >= 0.6 is 34.8 Å². The molecule has 0 saturated carbocycles. The molecule has 0 spiro atoms. The van der Waals surface area contributed by atoms with Crippen LogP contribution in [0.25, 0.3) is 0 Å². The SMILES string of the molecule is Cc1ccc([C@@H](NC(=O)N2CCOCC2)C(Cl)(Cl)Cl)cc1F. The molecule has 0 radical (unpaired) electrons. The van der Waals surface area contributed by atoms with Crippen LogP contribution in [-0.2, 0) is 4.74 Å². The largest absolute Gasteiger partial charge is 0.378 e. The quantitative estimate of drug-likeness (QED) is 0.810. The summed E-state index contributed by atoms with van der Waals surface area (Å²) in [6, 6.07) is 3.14. The zero-order valence-corrected chi connectivity index (χ0v) is 14.2. The van der Waals surface area contributed by atoms with Crippen LogP contribution in [0.3, 0.4) is 0 Å². The summed E-state index contributed by atoms with van der Waals surface area (Å²) in [6.45, 7) is 3.48. The van der Waals surface area contributed by atoms with Gasteiger partial charge in [0.1, 0.15) is 11.9 Å². The second kappa shape index (κ2) is 7.21. The number of carbonyl (C=O) groups excluding carboxylic acids is 1. The average Bonchev–Trinajstić information content (AvgIpc) is 2.47. The number of carbonyl (C=O) groups is 1. The number of benzene rings is 1. The first-order valence-electron chi connectivity index (χ1n) is 6.75. The fraction of sp³-hybridized carbons (Fsp3) is 0.500. The van der Waals surface area contributed by atoms with Crippen LogP contribution in [0.2, 0.25) is 0 Å². The molecule has 1 aromatic carbocycles. The first-order valence-corrected chi connectivity index (χ1v) is 7.88. The summed E-state index contributed by atoms with van der Waals surface area (Å²) in [5, 5.41) is 2.66. The van der Waals surface area contributed by atoms with Crippen LogP contribution in [0.5, 0.6) is 0 Å². The van der Waals surface area contributed by atoms with E-state index in [4.69, 9.17) is 39.5 Å².